The standard InChI is InChI=1S/C10H12F2N2O.ClH/c11-8-3-1-2-7(10(8)12)6-9(15)14-5-4-13;/h1-3H,4-6,13H2,(H,14,15);1H. The fraction of sp³-hybridized carbons (Fsp3) is 0.300. The van der Waals surface area contributed by atoms with Crippen LogP contribution >= 0.6 is 12.4 Å². The first-order valence-corrected chi connectivity index (χ1v) is 4.55. The van der Waals surface area contributed by atoms with Crippen LogP contribution in [0, 0.1) is 11.6 Å². The van der Waals surface area contributed by atoms with Crippen molar-refractivity contribution < 1.29 is 13.6 Å². The molecule has 0 spiro atoms. The van der Waals surface area contributed by atoms with E-state index in [0.29, 0.717) is 13.1 Å². The number of carbonyl (C=O) groups excluding carboxylic acids is 1. The molecule has 1 rings (SSSR count). The van der Waals surface area contributed by atoms with Crippen molar-refractivity contribution in [3.05, 3.63) is 35.4 Å². The van der Waals surface area contributed by atoms with Crippen molar-refractivity contribution in [2.75, 3.05) is 13.1 Å². The second kappa shape index (κ2) is 7.14. The third-order valence-electron chi connectivity index (χ3n) is 1.85. The Bertz CT molecular complexity index is 361. The van der Waals surface area contributed by atoms with Crippen LogP contribution in [0.5, 0.6) is 0 Å². The van der Waals surface area contributed by atoms with E-state index in [4.69, 9.17) is 5.73 Å². The van der Waals surface area contributed by atoms with E-state index in [1.807, 2.05) is 0 Å². The van der Waals surface area contributed by atoms with Gasteiger partial charge in [-0.15, -0.1) is 12.4 Å². The van der Waals surface area contributed by atoms with E-state index in [0.717, 1.165) is 6.07 Å². The van der Waals surface area contributed by atoms with E-state index < -0.39 is 11.6 Å². The first-order valence-electron chi connectivity index (χ1n) is 4.55. The summed E-state index contributed by atoms with van der Waals surface area (Å²) in [6.45, 7) is 0.646. The predicted octanol–water partition coefficient (Wildman–Crippen LogP) is 1.00. The minimum Gasteiger partial charge on any atom is -0.355 e. The molecule has 0 heterocycles. The molecule has 0 aliphatic rings. The lowest BCUT2D eigenvalue weighted by molar-refractivity contribution is -0.120. The normalized spacial score (nSPS) is 9.44. The average molecular weight is 251 g/mol. The zero-order valence-electron chi connectivity index (χ0n) is 8.50. The molecule has 1 amide bonds. The summed E-state index contributed by atoms with van der Waals surface area (Å²) < 4.78 is 25.9. The van der Waals surface area contributed by atoms with E-state index in [9.17, 15) is 13.6 Å². The van der Waals surface area contributed by atoms with Crippen molar-refractivity contribution in [3.63, 3.8) is 0 Å². The molecule has 90 valence electrons. The van der Waals surface area contributed by atoms with Gasteiger partial charge >= 0.3 is 0 Å². The third kappa shape index (κ3) is 4.12. The van der Waals surface area contributed by atoms with Gasteiger partial charge < -0.3 is 11.1 Å². The van der Waals surface area contributed by atoms with E-state index in [1.54, 1.807) is 0 Å². The van der Waals surface area contributed by atoms with Gasteiger partial charge in [-0.25, -0.2) is 8.78 Å². The average Bonchev–Trinajstić information content (AvgIpc) is 2.22. The smallest absolute Gasteiger partial charge is 0.224 e. The lowest BCUT2D eigenvalue weighted by Crippen LogP contribution is -2.30. The Morgan fingerprint density at radius 2 is 2.06 bits per heavy atom. The van der Waals surface area contributed by atoms with Crippen molar-refractivity contribution in [1.29, 1.82) is 0 Å². The van der Waals surface area contributed by atoms with Crippen LogP contribution in [0.1, 0.15) is 5.56 Å². The Morgan fingerprint density at radius 1 is 1.38 bits per heavy atom. The summed E-state index contributed by atoms with van der Waals surface area (Å²) in [6.07, 6.45) is -0.177. The second-order valence-electron chi connectivity index (χ2n) is 3.03. The molecule has 6 heteroatoms. The Kier molecular flexibility index (Phi) is 6.60. The predicted molar refractivity (Wildman–Crippen MR) is 59.4 cm³/mol. The Morgan fingerprint density at radius 3 is 2.69 bits per heavy atom. The monoisotopic (exact) mass is 250 g/mol. The lowest BCUT2D eigenvalue weighted by Gasteiger charge is -2.04. The summed E-state index contributed by atoms with van der Waals surface area (Å²) in [7, 11) is 0. The van der Waals surface area contributed by atoms with Crippen molar-refractivity contribution >= 4 is 18.3 Å². The van der Waals surface area contributed by atoms with Gasteiger partial charge in [0, 0.05) is 18.7 Å². The number of amides is 1. The Balaban J connectivity index is 0.00000225. The first-order chi connectivity index (χ1) is 7.15. The maximum atomic E-state index is 13.1. The highest BCUT2D eigenvalue weighted by atomic mass is 35.5. The summed E-state index contributed by atoms with van der Waals surface area (Å²) >= 11 is 0. The Hall–Kier alpha value is -1.20. The van der Waals surface area contributed by atoms with E-state index in [2.05, 4.69) is 5.32 Å². The summed E-state index contributed by atoms with van der Waals surface area (Å²) in [6, 6.07) is 3.75. The number of hydrogen-bond acceptors (Lipinski definition) is 2. The molecule has 0 bridgehead atoms. The number of nitrogens with one attached hydrogen (secondary N) is 1. The molecule has 0 aromatic heterocycles. The molecular formula is C10H13ClF2N2O. The molecule has 3 N–H and O–H groups in total. The molecule has 0 saturated carbocycles. The van der Waals surface area contributed by atoms with Gasteiger partial charge in [-0.05, 0) is 6.07 Å². The number of nitrogens with two attached hydrogens (primary N) is 1. The number of hydrogen-bond donors (Lipinski definition) is 2. The van der Waals surface area contributed by atoms with Gasteiger partial charge in [-0.1, -0.05) is 12.1 Å². The largest absolute Gasteiger partial charge is 0.355 e. The SMILES string of the molecule is Cl.NCCNC(=O)Cc1cccc(F)c1F. The molecular weight excluding hydrogens is 238 g/mol. The van der Waals surface area contributed by atoms with E-state index in [-0.39, 0.29) is 30.3 Å². The summed E-state index contributed by atoms with van der Waals surface area (Å²) in [5, 5.41) is 2.47. The molecule has 0 unspecified atom stereocenters. The van der Waals surface area contributed by atoms with Crippen molar-refractivity contribution in [3.8, 4) is 0 Å². The zero-order valence-corrected chi connectivity index (χ0v) is 9.32. The number of halogens is 3. The number of carbonyl (C=O) groups is 1. The molecule has 3 nitrogen and oxygen atoms in total. The van der Waals surface area contributed by atoms with Crippen LogP contribution in [-0.2, 0) is 11.2 Å². The quantitative estimate of drug-likeness (QED) is 0.838. The molecule has 0 aliphatic heterocycles. The molecule has 0 aliphatic carbocycles. The lowest BCUT2D eigenvalue weighted by atomic mass is 10.1. The molecule has 0 radical (unpaired) electrons. The van der Waals surface area contributed by atoms with Crippen LogP contribution in [-0.4, -0.2) is 19.0 Å². The Labute approximate surface area is 98.4 Å². The fourth-order valence-corrected chi connectivity index (χ4v) is 1.13. The van der Waals surface area contributed by atoms with Crippen LogP contribution in [0.25, 0.3) is 0 Å². The zero-order chi connectivity index (χ0) is 11.3. The van der Waals surface area contributed by atoms with Crippen LogP contribution in [0.2, 0.25) is 0 Å². The second-order valence-corrected chi connectivity index (χ2v) is 3.03. The van der Waals surface area contributed by atoms with Crippen LogP contribution < -0.4 is 11.1 Å². The van der Waals surface area contributed by atoms with E-state index >= 15 is 0 Å². The third-order valence-corrected chi connectivity index (χ3v) is 1.85. The fourth-order valence-electron chi connectivity index (χ4n) is 1.13. The van der Waals surface area contributed by atoms with Gasteiger partial charge in [0.15, 0.2) is 11.6 Å². The first kappa shape index (κ1) is 14.8. The topological polar surface area (TPSA) is 55.1 Å². The van der Waals surface area contributed by atoms with Gasteiger partial charge in [-0.2, -0.15) is 0 Å². The highest BCUT2D eigenvalue weighted by molar-refractivity contribution is 5.85. The van der Waals surface area contributed by atoms with Gasteiger partial charge in [0.2, 0.25) is 5.91 Å². The highest BCUT2D eigenvalue weighted by Gasteiger charge is 2.10. The van der Waals surface area contributed by atoms with E-state index in [1.165, 1.54) is 12.1 Å². The highest BCUT2D eigenvalue weighted by Crippen LogP contribution is 2.11. The summed E-state index contributed by atoms with van der Waals surface area (Å²) in [4.78, 5) is 11.2. The number of benzene rings is 1. The number of rotatable bonds is 4. The van der Waals surface area contributed by atoms with Gasteiger partial charge in [-0.3, -0.25) is 4.79 Å². The van der Waals surface area contributed by atoms with Gasteiger partial charge in [0.05, 0.1) is 6.42 Å². The maximum Gasteiger partial charge on any atom is 0.224 e. The molecule has 0 atom stereocenters. The van der Waals surface area contributed by atoms with Gasteiger partial charge in [0.1, 0.15) is 0 Å². The minimum atomic E-state index is -0.972. The summed E-state index contributed by atoms with van der Waals surface area (Å²) in [5.74, 6) is -2.29. The van der Waals surface area contributed by atoms with Gasteiger partial charge in [0.25, 0.3) is 0 Å². The molecule has 1 aromatic carbocycles. The van der Waals surface area contributed by atoms with Crippen LogP contribution in [0.15, 0.2) is 18.2 Å². The molecule has 0 fully saturated rings. The molecule has 0 saturated heterocycles. The van der Waals surface area contributed by atoms with Crippen LogP contribution in [0.4, 0.5) is 8.78 Å². The summed E-state index contributed by atoms with van der Waals surface area (Å²) in [5.41, 5.74) is 5.22. The van der Waals surface area contributed by atoms with Crippen molar-refractivity contribution in [1.82, 2.24) is 5.32 Å². The molecule has 16 heavy (non-hydrogen) atoms. The maximum absolute atomic E-state index is 13.1. The van der Waals surface area contributed by atoms with Crippen LogP contribution in [0.3, 0.4) is 0 Å². The van der Waals surface area contributed by atoms with Crippen molar-refractivity contribution in [2.24, 2.45) is 5.73 Å². The van der Waals surface area contributed by atoms with Crippen molar-refractivity contribution in [2.45, 2.75) is 6.42 Å². The minimum absolute atomic E-state index is 0. The molecule has 1 aromatic rings.